The highest BCUT2D eigenvalue weighted by Crippen LogP contribution is 2.41. The van der Waals surface area contributed by atoms with Crippen LogP contribution in [0.25, 0.3) is 10.2 Å². The number of nitrogens with one attached hydrogen (secondary N) is 1. The first-order chi connectivity index (χ1) is 16.8. The van der Waals surface area contributed by atoms with Crippen LogP contribution in [0.1, 0.15) is 38.3 Å². The molecule has 9 heteroatoms. The van der Waals surface area contributed by atoms with E-state index >= 15 is 0 Å². The maximum Gasteiger partial charge on any atom is 0.186 e. The highest BCUT2D eigenvalue weighted by molar-refractivity contribution is 7.22. The zero-order valence-corrected chi connectivity index (χ0v) is 22.3. The van der Waals surface area contributed by atoms with Gasteiger partial charge in [-0.05, 0) is 74.9 Å². The molecule has 1 unspecified atom stereocenters. The van der Waals surface area contributed by atoms with Crippen molar-refractivity contribution in [2.45, 2.75) is 38.8 Å². The molecule has 0 saturated carbocycles. The van der Waals surface area contributed by atoms with Crippen molar-refractivity contribution < 1.29 is 9.50 Å². The largest absolute Gasteiger partial charge is 0.395 e. The Morgan fingerprint density at radius 3 is 2.71 bits per heavy atom. The highest BCUT2D eigenvalue weighted by atomic mass is 35.5. The van der Waals surface area contributed by atoms with Crippen LogP contribution >= 0.6 is 34.5 Å². The number of hydrogen-bond donors (Lipinski definition) is 2. The predicted octanol–water partition coefficient (Wildman–Crippen LogP) is 6.44. The number of halogens is 3. The Bertz CT molecular complexity index is 1200. The van der Waals surface area contributed by atoms with E-state index in [-0.39, 0.29) is 24.5 Å². The summed E-state index contributed by atoms with van der Waals surface area (Å²) in [7, 11) is 0. The molecule has 35 heavy (non-hydrogen) atoms. The van der Waals surface area contributed by atoms with E-state index in [1.54, 1.807) is 18.2 Å². The lowest BCUT2D eigenvalue weighted by atomic mass is 9.80. The second-order valence-corrected chi connectivity index (χ2v) is 11.7. The minimum absolute atomic E-state index is 0.200. The van der Waals surface area contributed by atoms with Gasteiger partial charge >= 0.3 is 0 Å². The molecule has 0 bridgehead atoms. The van der Waals surface area contributed by atoms with Crippen LogP contribution in [0.4, 0.5) is 15.2 Å². The smallest absolute Gasteiger partial charge is 0.186 e. The van der Waals surface area contributed by atoms with Crippen LogP contribution in [0.15, 0.2) is 30.3 Å². The Kier molecular flexibility index (Phi) is 7.43. The van der Waals surface area contributed by atoms with E-state index in [2.05, 4.69) is 22.0 Å². The number of aromatic nitrogens is 1. The van der Waals surface area contributed by atoms with Crippen molar-refractivity contribution in [2.75, 3.05) is 43.0 Å². The molecule has 0 radical (unpaired) electrons. The van der Waals surface area contributed by atoms with Gasteiger partial charge in [-0.2, -0.15) is 0 Å². The summed E-state index contributed by atoms with van der Waals surface area (Å²) in [5.41, 5.74) is 2.12. The molecule has 3 atom stereocenters. The van der Waals surface area contributed by atoms with Gasteiger partial charge in [0.2, 0.25) is 0 Å². The van der Waals surface area contributed by atoms with Gasteiger partial charge in [-0.15, -0.1) is 0 Å². The number of aliphatic hydroxyl groups excluding tert-OH is 1. The van der Waals surface area contributed by atoms with Crippen molar-refractivity contribution in [3.63, 3.8) is 0 Å². The molecule has 0 amide bonds. The number of anilines is 2. The van der Waals surface area contributed by atoms with Gasteiger partial charge in [-0.3, -0.25) is 4.90 Å². The van der Waals surface area contributed by atoms with Crippen molar-refractivity contribution in [1.82, 2.24) is 9.88 Å². The third-order valence-electron chi connectivity index (χ3n) is 7.51. The lowest BCUT2D eigenvalue weighted by Gasteiger charge is -2.47. The number of nitrogens with zero attached hydrogens (tertiary/aromatic N) is 3. The van der Waals surface area contributed by atoms with E-state index < -0.39 is 0 Å². The first-order valence-electron chi connectivity index (χ1n) is 12.2. The molecular formula is C26H31Cl2FN4OS. The van der Waals surface area contributed by atoms with Crippen LogP contribution in [-0.4, -0.2) is 53.8 Å². The summed E-state index contributed by atoms with van der Waals surface area (Å²) in [5, 5.41) is 14.9. The van der Waals surface area contributed by atoms with Gasteiger partial charge in [0.05, 0.1) is 28.6 Å². The fourth-order valence-electron chi connectivity index (χ4n) is 5.28. The normalized spacial score (nSPS) is 21.2. The zero-order valence-electron chi connectivity index (χ0n) is 20.0. The van der Waals surface area contributed by atoms with Crippen molar-refractivity contribution in [3.8, 4) is 0 Å². The van der Waals surface area contributed by atoms with Crippen molar-refractivity contribution in [2.24, 2.45) is 11.8 Å². The SMILES string of the molecule is CC(CO)N1CCC[C@H](C2CN(c3nc4ccc(F)c(N[C@H](C)c5ccc(Cl)cc5Cl)c4s3)C2)C1. The maximum absolute atomic E-state index is 14.9. The molecule has 5 rings (SSSR count). The lowest BCUT2D eigenvalue weighted by molar-refractivity contribution is 0.0638. The van der Waals surface area contributed by atoms with Gasteiger partial charge < -0.3 is 15.3 Å². The van der Waals surface area contributed by atoms with Gasteiger partial charge in [-0.1, -0.05) is 40.6 Å². The Balaban J connectivity index is 1.30. The van der Waals surface area contributed by atoms with Crippen molar-refractivity contribution in [3.05, 3.63) is 51.8 Å². The number of piperidine rings is 1. The summed E-state index contributed by atoms with van der Waals surface area (Å²) in [6, 6.07) is 8.61. The van der Waals surface area contributed by atoms with E-state index in [9.17, 15) is 9.50 Å². The number of hydrogen-bond acceptors (Lipinski definition) is 6. The van der Waals surface area contributed by atoms with Gasteiger partial charge in [-0.25, -0.2) is 9.37 Å². The Morgan fingerprint density at radius 1 is 1.17 bits per heavy atom. The average Bonchev–Trinajstić information content (AvgIpc) is 3.23. The molecule has 5 nitrogen and oxygen atoms in total. The second kappa shape index (κ2) is 10.4. The second-order valence-electron chi connectivity index (χ2n) is 9.89. The summed E-state index contributed by atoms with van der Waals surface area (Å²) < 4.78 is 15.7. The first-order valence-corrected chi connectivity index (χ1v) is 13.8. The van der Waals surface area contributed by atoms with Crippen LogP contribution in [0.5, 0.6) is 0 Å². The molecular weight excluding hydrogens is 506 g/mol. The van der Waals surface area contributed by atoms with Crippen LogP contribution in [0.3, 0.4) is 0 Å². The monoisotopic (exact) mass is 536 g/mol. The molecule has 0 spiro atoms. The Morgan fingerprint density at radius 2 is 1.97 bits per heavy atom. The average molecular weight is 538 g/mol. The summed E-state index contributed by atoms with van der Waals surface area (Å²) in [5.74, 6) is 0.992. The van der Waals surface area contributed by atoms with Gasteiger partial charge in [0.25, 0.3) is 0 Å². The van der Waals surface area contributed by atoms with E-state index in [1.165, 1.54) is 30.2 Å². The summed E-state index contributed by atoms with van der Waals surface area (Å²) >= 11 is 14.0. The summed E-state index contributed by atoms with van der Waals surface area (Å²) in [6.07, 6.45) is 2.44. The van der Waals surface area contributed by atoms with E-state index in [0.717, 1.165) is 47.1 Å². The number of aliphatic hydroxyl groups is 1. The molecule has 188 valence electrons. The van der Waals surface area contributed by atoms with E-state index in [1.807, 2.05) is 13.0 Å². The number of fused-ring (bicyclic) bond motifs is 1. The minimum Gasteiger partial charge on any atom is -0.395 e. The fourth-order valence-corrected chi connectivity index (χ4v) is 6.93. The number of rotatable bonds is 7. The molecule has 0 aliphatic carbocycles. The summed E-state index contributed by atoms with van der Waals surface area (Å²) in [4.78, 5) is 9.56. The fraction of sp³-hybridized carbons (Fsp3) is 0.500. The third-order valence-corrected chi connectivity index (χ3v) is 9.22. The molecule has 2 aliphatic rings. The Labute approximate surface area is 219 Å². The molecule has 1 aromatic heterocycles. The van der Waals surface area contributed by atoms with Crippen LogP contribution < -0.4 is 10.2 Å². The number of likely N-dealkylation sites (tertiary alicyclic amines) is 1. The molecule has 2 saturated heterocycles. The molecule has 2 aliphatic heterocycles. The summed E-state index contributed by atoms with van der Waals surface area (Å²) in [6.45, 7) is 8.37. The third kappa shape index (κ3) is 5.12. The standard InChI is InChI=1S/C26H31Cl2FN4OS/c1-15(14-34)32-9-3-4-17(11-32)18-12-33(13-18)26-31-23-8-7-22(29)24(25(23)35-26)30-16(2)20-6-5-19(27)10-21(20)28/h5-8,10,15-18,30,34H,3-4,9,11-14H2,1-2H3/t15?,16-,17+/m1/s1. The Hall–Kier alpha value is -1.64. The predicted molar refractivity (Wildman–Crippen MR) is 145 cm³/mol. The molecule has 2 aromatic carbocycles. The quantitative estimate of drug-likeness (QED) is 0.363. The van der Waals surface area contributed by atoms with E-state index in [0.29, 0.717) is 27.6 Å². The van der Waals surface area contributed by atoms with Crippen LogP contribution in [0, 0.1) is 17.7 Å². The lowest BCUT2D eigenvalue weighted by Crippen LogP contribution is -2.54. The van der Waals surface area contributed by atoms with Gasteiger partial charge in [0.1, 0.15) is 5.82 Å². The first kappa shape index (κ1) is 25.0. The van der Waals surface area contributed by atoms with Gasteiger partial charge in [0, 0.05) is 35.7 Å². The topological polar surface area (TPSA) is 51.6 Å². The van der Waals surface area contributed by atoms with Crippen molar-refractivity contribution >= 4 is 55.6 Å². The zero-order chi connectivity index (χ0) is 24.7. The highest BCUT2D eigenvalue weighted by Gasteiger charge is 2.37. The van der Waals surface area contributed by atoms with E-state index in [4.69, 9.17) is 28.2 Å². The molecule has 2 N–H and O–H groups in total. The number of benzene rings is 2. The minimum atomic E-state index is -0.300. The maximum atomic E-state index is 14.9. The van der Waals surface area contributed by atoms with Crippen molar-refractivity contribution in [1.29, 1.82) is 0 Å². The van der Waals surface area contributed by atoms with Crippen LogP contribution in [-0.2, 0) is 0 Å². The van der Waals surface area contributed by atoms with Gasteiger partial charge in [0.15, 0.2) is 5.13 Å². The molecule has 2 fully saturated rings. The molecule has 3 heterocycles. The number of thiazole rings is 1. The molecule has 3 aromatic rings. The van der Waals surface area contributed by atoms with Crippen LogP contribution in [0.2, 0.25) is 10.0 Å².